The number of amides is 1. The highest BCUT2D eigenvalue weighted by Crippen LogP contribution is 2.17. The second kappa shape index (κ2) is 5.24. The fourth-order valence-electron chi connectivity index (χ4n) is 1.30. The lowest BCUT2D eigenvalue weighted by molar-refractivity contribution is -0.418. The summed E-state index contributed by atoms with van der Waals surface area (Å²) in [4.78, 5) is 22.0. The number of nitrogens with one attached hydrogen (secondary N) is 1. The van der Waals surface area contributed by atoms with Crippen molar-refractivity contribution in [3.63, 3.8) is 0 Å². The van der Waals surface area contributed by atoms with E-state index in [1.54, 1.807) is 0 Å². The van der Waals surface area contributed by atoms with Crippen molar-refractivity contribution in [2.75, 3.05) is 19.6 Å². The molecule has 1 N–H and O–H groups in total. The largest absolute Gasteiger partial charge is 0.359 e. The Balaban J connectivity index is 2.72. The molecule has 0 spiro atoms. The SMILES string of the molecule is C=C(/C(F)=C\C(=C)[N+](=O)[O-])N1CCNC(=O)C1. The summed E-state index contributed by atoms with van der Waals surface area (Å²) in [5.41, 5.74) is -0.618. The van der Waals surface area contributed by atoms with Crippen LogP contribution in [0.4, 0.5) is 4.39 Å². The lowest BCUT2D eigenvalue weighted by atomic mass is 10.2. The maximum atomic E-state index is 13.5. The van der Waals surface area contributed by atoms with Crippen LogP contribution in [0.3, 0.4) is 0 Å². The Morgan fingerprint density at radius 2 is 2.24 bits per heavy atom. The molecule has 1 amide bonds. The first-order valence-corrected chi connectivity index (χ1v) is 4.83. The zero-order valence-corrected chi connectivity index (χ0v) is 9.11. The molecule has 1 heterocycles. The van der Waals surface area contributed by atoms with E-state index in [0.29, 0.717) is 19.2 Å². The smallest absolute Gasteiger partial charge is 0.265 e. The first kappa shape index (κ1) is 12.9. The highest BCUT2D eigenvalue weighted by atomic mass is 19.1. The molecule has 0 aromatic rings. The van der Waals surface area contributed by atoms with Crippen LogP contribution in [0.15, 0.2) is 36.5 Å². The van der Waals surface area contributed by atoms with Gasteiger partial charge in [0.05, 0.1) is 23.2 Å². The van der Waals surface area contributed by atoms with Crippen molar-refractivity contribution < 1.29 is 14.1 Å². The number of halogens is 1. The van der Waals surface area contributed by atoms with Gasteiger partial charge in [0, 0.05) is 13.1 Å². The average Bonchev–Trinajstić information content (AvgIpc) is 2.27. The number of rotatable bonds is 4. The summed E-state index contributed by atoms with van der Waals surface area (Å²) in [6, 6.07) is 0. The van der Waals surface area contributed by atoms with Crippen LogP contribution < -0.4 is 5.32 Å². The third-order valence-corrected chi connectivity index (χ3v) is 2.22. The molecule has 92 valence electrons. The van der Waals surface area contributed by atoms with Crippen LogP contribution in [0.5, 0.6) is 0 Å². The summed E-state index contributed by atoms with van der Waals surface area (Å²) in [7, 11) is 0. The van der Waals surface area contributed by atoms with Gasteiger partial charge in [0.2, 0.25) is 5.91 Å². The van der Waals surface area contributed by atoms with Gasteiger partial charge in [0.25, 0.3) is 5.70 Å². The molecule has 17 heavy (non-hydrogen) atoms. The van der Waals surface area contributed by atoms with Crippen molar-refractivity contribution in [3.8, 4) is 0 Å². The lowest BCUT2D eigenvalue weighted by Gasteiger charge is -2.29. The molecule has 0 aromatic carbocycles. The van der Waals surface area contributed by atoms with Crippen molar-refractivity contribution in [3.05, 3.63) is 46.6 Å². The molecule has 1 aliphatic heterocycles. The van der Waals surface area contributed by atoms with E-state index < -0.39 is 16.4 Å². The molecule has 0 radical (unpaired) electrons. The molecule has 1 saturated heterocycles. The summed E-state index contributed by atoms with van der Waals surface area (Å²) in [6.45, 7) is 7.34. The van der Waals surface area contributed by atoms with Gasteiger partial charge >= 0.3 is 0 Å². The van der Waals surface area contributed by atoms with Crippen LogP contribution in [0.2, 0.25) is 0 Å². The number of carbonyl (C=O) groups excluding carboxylic acids is 1. The first-order chi connectivity index (χ1) is 7.91. The number of nitrogens with zero attached hydrogens (tertiary/aromatic N) is 2. The number of nitro groups is 1. The van der Waals surface area contributed by atoms with Gasteiger partial charge in [-0.1, -0.05) is 6.58 Å². The van der Waals surface area contributed by atoms with Gasteiger partial charge in [-0.05, 0) is 6.58 Å². The summed E-state index contributed by atoms with van der Waals surface area (Å²) < 4.78 is 13.5. The Hall–Kier alpha value is -2.18. The van der Waals surface area contributed by atoms with Crippen molar-refractivity contribution in [1.82, 2.24) is 10.2 Å². The second-order valence-corrected chi connectivity index (χ2v) is 3.46. The van der Waals surface area contributed by atoms with E-state index in [1.807, 2.05) is 0 Å². The van der Waals surface area contributed by atoms with Gasteiger partial charge in [0.15, 0.2) is 5.83 Å². The monoisotopic (exact) mass is 241 g/mol. The van der Waals surface area contributed by atoms with Crippen LogP contribution >= 0.6 is 0 Å². The van der Waals surface area contributed by atoms with E-state index in [2.05, 4.69) is 18.5 Å². The quantitative estimate of drug-likeness (QED) is 0.443. The Labute approximate surface area is 97.2 Å². The van der Waals surface area contributed by atoms with Crippen LogP contribution in [0.1, 0.15) is 0 Å². The van der Waals surface area contributed by atoms with Crippen LogP contribution in [-0.2, 0) is 4.79 Å². The van der Waals surface area contributed by atoms with Crippen molar-refractivity contribution in [1.29, 1.82) is 0 Å². The Morgan fingerprint density at radius 3 is 2.76 bits per heavy atom. The number of hydrogen-bond donors (Lipinski definition) is 1. The summed E-state index contributed by atoms with van der Waals surface area (Å²) in [6.07, 6.45) is 0.689. The van der Waals surface area contributed by atoms with Gasteiger partial charge < -0.3 is 10.2 Å². The second-order valence-electron chi connectivity index (χ2n) is 3.46. The molecule has 0 aliphatic carbocycles. The zero-order chi connectivity index (χ0) is 13.0. The van der Waals surface area contributed by atoms with E-state index in [1.165, 1.54) is 4.90 Å². The van der Waals surface area contributed by atoms with Gasteiger partial charge in [-0.15, -0.1) is 0 Å². The number of hydrogen-bond acceptors (Lipinski definition) is 4. The van der Waals surface area contributed by atoms with Crippen LogP contribution in [0, 0.1) is 10.1 Å². The van der Waals surface area contributed by atoms with E-state index in [0.717, 1.165) is 0 Å². The van der Waals surface area contributed by atoms with Crippen molar-refractivity contribution >= 4 is 5.91 Å². The summed E-state index contributed by atoms with van der Waals surface area (Å²) >= 11 is 0. The molecule has 1 aliphatic rings. The minimum absolute atomic E-state index is 0.00890. The molecule has 7 heteroatoms. The highest BCUT2D eigenvalue weighted by Gasteiger charge is 2.20. The topological polar surface area (TPSA) is 75.5 Å². The molecule has 0 bridgehead atoms. The molecule has 6 nitrogen and oxygen atoms in total. The molecule has 0 saturated carbocycles. The van der Waals surface area contributed by atoms with E-state index >= 15 is 0 Å². The molecule has 0 unspecified atom stereocenters. The Kier molecular flexibility index (Phi) is 3.97. The van der Waals surface area contributed by atoms with Crippen LogP contribution in [-0.4, -0.2) is 35.4 Å². The lowest BCUT2D eigenvalue weighted by Crippen LogP contribution is -2.46. The average molecular weight is 241 g/mol. The predicted octanol–water partition coefficient (Wildman–Crippen LogP) is 0.576. The van der Waals surface area contributed by atoms with Crippen LogP contribution in [0.25, 0.3) is 0 Å². The first-order valence-electron chi connectivity index (χ1n) is 4.83. The molecule has 1 fully saturated rings. The van der Waals surface area contributed by atoms with Gasteiger partial charge in [-0.3, -0.25) is 14.9 Å². The van der Waals surface area contributed by atoms with E-state index in [4.69, 9.17) is 0 Å². The summed E-state index contributed by atoms with van der Waals surface area (Å²) in [5.74, 6) is -1.10. The third kappa shape index (κ3) is 3.40. The number of allylic oxidation sites excluding steroid dienone is 2. The van der Waals surface area contributed by atoms with E-state index in [9.17, 15) is 19.3 Å². The minimum Gasteiger partial charge on any atom is -0.359 e. The predicted molar refractivity (Wildman–Crippen MR) is 59.0 cm³/mol. The fraction of sp³-hybridized carbons (Fsp3) is 0.300. The van der Waals surface area contributed by atoms with Gasteiger partial charge in [-0.25, -0.2) is 4.39 Å². The normalized spacial score (nSPS) is 16.4. The molecular formula is C10H12FN3O3. The maximum Gasteiger partial charge on any atom is 0.265 e. The van der Waals surface area contributed by atoms with Gasteiger partial charge in [-0.2, -0.15) is 0 Å². The molecule has 0 atom stereocenters. The summed E-state index contributed by atoms with van der Waals surface area (Å²) in [5, 5.41) is 12.8. The third-order valence-electron chi connectivity index (χ3n) is 2.22. The van der Waals surface area contributed by atoms with Crippen molar-refractivity contribution in [2.24, 2.45) is 0 Å². The van der Waals surface area contributed by atoms with Crippen molar-refractivity contribution in [2.45, 2.75) is 0 Å². The Bertz CT molecular complexity index is 417. The molecular weight excluding hydrogens is 229 g/mol. The Morgan fingerprint density at radius 1 is 1.59 bits per heavy atom. The standard InChI is InChI=1S/C10H12FN3O3/c1-7(14(16)17)5-9(11)8(2)13-4-3-12-10(15)6-13/h5H,1-4,6H2,(H,12,15)/b9-5+. The molecule has 0 aromatic heterocycles. The fourth-order valence-corrected chi connectivity index (χ4v) is 1.30. The highest BCUT2D eigenvalue weighted by molar-refractivity contribution is 5.79. The number of carbonyl (C=O) groups is 1. The van der Waals surface area contributed by atoms with Gasteiger partial charge in [0.1, 0.15) is 0 Å². The zero-order valence-electron chi connectivity index (χ0n) is 9.11. The molecule has 1 rings (SSSR count). The maximum absolute atomic E-state index is 13.5. The number of piperazine rings is 1. The van der Waals surface area contributed by atoms with E-state index in [-0.39, 0.29) is 18.1 Å². The minimum atomic E-state index is -0.860.